The third-order valence-electron chi connectivity index (χ3n) is 1.96. The average molecular weight is 206 g/mol. The van der Waals surface area contributed by atoms with Crippen LogP contribution in [0.2, 0.25) is 0 Å². The van der Waals surface area contributed by atoms with Crippen molar-refractivity contribution >= 4 is 17.6 Å². The molecule has 0 bridgehead atoms. The summed E-state index contributed by atoms with van der Waals surface area (Å²) in [7, 11) is 0. The van der Waals surface area contributed by atoms with Gasteiger partial charge in [0.1, 0.15) is 12.1 Å². The van der Waals surface area contributed by atoms with Gasteiger partial charge in [0.25, 0.3) is 0 Å². The van der Waals surface area contributed by atoms with E-state index in [1.165, 1.54) is 17.4 Å². The molecule has 1 aromatic heterocycles. The SMILES string of the molecule is O=Cc1ccc(-c2ccsc2)c(F)c1. The summed E-state index contributed by atoms with van der Waals surface area (Å²) in [4.78, 5) is 10.4. The molecule has 1 heterocycles. The molecule has 0 fully saturated rings. The topological polar surface area (TPSA) is 17.1 Å². The number of halogens is 1. The van der Waals surface area contributed by atoms with E-state index in [2.05, 4.69) is 0 Å². The molecule has 0 aliphatic carbocycles. The standard InChI is InChI=1S/C11H7FOS/c12-11-5-8(6-13)1-2-10(11)9-3-4-14-7-9/h1-7H. The van der Waals surface area contributed by atoms with Gasteiger partial charge in [0, 0.05) is 11.1 Å². The molecule has 0 aliphatic rings. The van der Waals surface area contributed by atoms with E-state index in [1.807, 2.05) is 16.8 Å². The molecule has 2 rings (SSSR count). The Morgan fingerprint density at radius 3 is 2.71 bits per heavy atom. The van der Waals surface area contributed by atoms with E-state index in [9.17, 15) is 9.18 Å². The number of carbonyl (C=O) groups is 1. The maximum Gasteiger partial charge on any atom is 0.150 e. The number of hydrogen-bond acceptors (Lipinski definition) is 2. The van der Waals surface area contributed by atoms with Gasteiger partial charge in [-0.15, -0.1) is 0 Å². The van der Waals surface area contributed by atoms with E-state index < -0.39 is 0 Å². The number of benzene rings is 1. The van der Waals surface area contributed by atoms with Crippen LogP contribution in [0.1, 0.15) is 10.4 Å². The van der Waals surface area contributed by atoms with Crippen molar-refractivity contribution in [2.75, 3.05) is 0 Å². The molecule has 2 aromatic rings. The Morgan fingerprint density at radius 1 is 1.29 bits per heavy atom. The minimum Gasteiger partial charge on any atom is -0.298 e. The number of carbonyl (C=O) groups excluding carboxylic acids is 1. The number of thiophene rings is 1. The maximum absolute atomic E-state index is 13.4. The molecule has 0 unspecified atom stereocenters. The van der Waals surface area contributed by atoms with E-state index in [4.69, 9.17) is 0 Å². The fraction of sp³-hybridized carbons (Fsp3) is 0. The molecule has 0 N–H and O–H groups in total. The van der Waals surface area contributed by atoms with Gasteiger partial charge in [0.05, 0.1) is 0 Å². The Kier molecular flexibility index (Phi) is 2.41. The molecular weight excluding hydrogens is 199 g/mol. The van der Waals surface area contributed by atoms with E-state index in [1.54, 1.807) is 12.1 Å². The van der Waals surface area contributed by atoms with Crippen molar-refractivity contribution in [3.8, 4) is 11.1 Å². The Balaban J connectivity index is 2.51. The second-order valence-corrected chi connectivity index (χ2v) is 3.65. The summed E-state index contributed by atoms with van der Waals surface area (Å²) in [6.45, 7) is 0. The van der Waals surface area contributed by atoms with Gasteiger partial charge in [-0.2, -0.15) is 11.3 Å². The van der Waals surface area contributed by atoms with Crippen LogP contribution < -0.4 is 0 Å². The molecule has 1 aromatic carbocycles. The van der Waals surface area contributed by atoms with Crippen molar-refractivity contribution < 1.29 is 9.18 Å². The largest absolute Gasteiger partial charge is 0.298 e. The average Bonchev–Trinajstić information content (AvgIpc) is 2.70. The second kappa shape index (κ2) is 3.72. The van der Waals surface area contributed by atoms with Crippen LogP contribution in [0.4, 0.5) is 4.39 Å². The Morgan fingerprint density at radius 2 is 2.14 bits per heavy atom. The summed E-state index contributed by atoms with van der Waals surface area (Å²) >= 11 is 1.52. The first-order valence-electron chi connectivity index (χ1n) is 4.08. The monoisotopic (exact) mass is 206 g/mol. The summed E-state index contributed by atoms with van der Waals surface area (Å²) in [5.41, 5.74) is 1.75. The fourth-order valence-corrected chi connectivity index (χ4v) is 1.91. The van der Waals surface area contributed by atoms with Crippen LogP contribution in [0.25, 0.3) is 11.1 Å². The number of rotatable bonds is 2. The molecule has 14 heavy (non-hydrogen) atoms. The molecule has 3 heteroatoms. The lowest BCUT2D eigenvalue weighted by atomic mass is 10.1. The van der Waals surface area contributed by atoms with Gasteiger partial charge in [-0.25, -0.2) is 4.39 Å². The minimum absolute atomic E-state index is 0.354. The molecule has 0 aliphatic heterocycles. The third-order valence-corrected chi connectivity index (χ3v) is 2.64. The molecular formula is C11H7FOS. The summed E-state index contributed by atoms with van der Waals surface area (Å²) in [5, 5.41) is 3.77. The smallest absolute Gasteiger partial charge is 0.150 e. The van der Waals surface area contributed by atoms with Crippen LogP contribution >= 0.6 is 11.3 Å². The van der Waals surface area contributed by atoms with Crippen LogP contribution in [0.3, 0.4) is 0 Å². The van der Waals surface area contributed by atoms with Crippen molar-refractivity contribution in [2.45, 2.75) is 0 Å². The van der Waals surface area contributed by atoms with Crippen LogP contribution in [0.5, 0.6) is 0 Å². The van der Waals surface area contributed by atoms with Gasteiger partial charge in [-0.05, 0) is 28.5 Å². The minimum atomic E-state index is -0.354. The molecule has 0 saturated carbocycles. The first kappa shape index (κ1) is 9.09. The maximum atomic E-state index is 13.4. The molecule has 0 saturated heterocycles. The lowest BCUT2D eigenvalue weighted by molar-refractivity contribution is 0.112. The molecule has 70 valence electrons. The van der Waals surface area contributed by atoms with E-state index in [-0.39, 0.29) is 5.82 Å². The van der Waals surface area contributed by atoms with Gasteiger partial charge in [0.15, 0.2) is 0 Å². The summed E-state index contributed by atoms with van der Waals surface area (Å²) < 4.78 is 13.4. The first-order chi connectivity index (χ1) is 6.81. The van der Waals surface area contributed by atoms with Crippen LogP contribution in [0, 0.1) is 5.82 Å². The second-order valence-electron chi connectivity index (χ2n) is 2.87. The highest BCUT2D eigenvalue weighted by Crippen LogP contribution is 2.25. The summed E-state index contributed by atoms with van der Waals surface area (Å²) in [5.74, 6) is -0.354. The quantitative estimate of drug-likeness (QED) is 0.688. The van der Waals surface area contributed by atoms with Gasteiger partial charge >= 0.3 is 0 Å². The zero-order valence-electron chi connectivity index (χ0n) is 7.24. The summed E-state index contributed by atoms with van der Waals surface area (Å²) in [6.07, 6.45) is 0.639. The predicted molar refractivity (Wildman–Crippen MR) is 55.1 cm³/mol. The molecule has 0 amide bonds. The van der Waals surface area contributed by atoms with Crippen molar-refractivity contribution in [2.24, 2.45) is 0 Å². The predicted octanol–water partition coefficient (Wildman–Crippen LogP) is 3.37. The van der Waals surface area contributed by atoms with Crippen LogP contribution in [0.15, 0.2) is 35.0 Å². The molecule has 0 radical (unpaired) electrons. The Labute approximate surface area is 84.8 Å². The zero-order valence-corrected chi connectivity index (χ0v) is 8.05. The van der Waals surface area contributed by atoms with Gasteiger partial charge < -0.3 is 0 Å². The van der Waals surface area contributed by atoms with Crippen molar-refractivity contribution in [1.29, 1.82) is 0 Å². The van der Waals surface area contributed by atoms with Crippen LogP contribution in [-0.4, -0.2) is 6.29 Å². The highest BCUT2D eigenvalue weighted by Gasteiger charge is 2.05. The van der Waals surface area contributed by atoms with Crippen molar-refractivity contribution in [3.63, 3.8) is 0 Å². The normalized spacial score (nSPS) is 10.1. The van der Waals surface area contributed by atoms with Crippen molar-refractivity contribution in [3.05, 3.63) is 46.4 Å². The van der Waals surface area contributed by atoms with Gasteiger partial charge in [0.2, 0.25) is 0 Å². The lowest BCUT2D eigenvalue weighted by Crippen LogP contribution is -1.86. The van der Waals surface area contributed by atoms with Gasteiger partial charge in [-0.3, -0.25) is 4.79 Å². The number of aldehydes is 1. The molecule has 1 nitrogen and oxygen atoms in total. The van der Waals surface area contributed by atoms with Gasteiger partial charge in [-0.1, -0.05) is 12.1 Å². The van der Waals surface area contributed by atoms with Crippen molar-refractivity contribution in [1.82, 2.24) is 0 Å². The molecule has 0 spiro atoms. The van der Waals surface area contributed by atoms with E-state index >= 15 is 0 Å². The van der Waals surface area contributed by atoms with E-state index in [0.717, 1.165) is 5.56 Å². The Bertz CT molecular complexity index is 448. The van der Waals surface area contributed by atoms with Crippen LogP contribution in [-0.2, 0) is 0 Å². The fourth-order valence-electron chi connectivity index (χ4n) is 1.26. The molecule has 0 atom stereocenters. The first-order valence-corrected chi connectivity index (χ1v) is 5.03. The summed E-state index contributed by atoms with van der Waals surface area (Å²) in [6, 6.07) is 6.34. The Hall–Kier alpha value is -1.48. The lowest BCUT2D eigenvalue weighted by Gasteiger charge is -2.00. The van der Waals surface area contributed by atoms with E-state index in [0.29, 0.717) is 17.4 Å². The highest BCUT2D eigenvalue weighted by atomic mass is 32.1. The highest BCUT2D eigenvalue weighted by molar-refractivity contribution is 7.08. The zero-order chi connectivity index (χ0) is 9.97. The number of hydrogen-bond donors (Lipinski definition) is 0. The third kappa shape index (κ3) is 1.59.